The Morgan fingerprint density at radius 2 is 1.54 bits per heavy atom. The molecule has 0 spiro atoms. The lowest BCUT2D eigenvalue weighted by molar-refractivity contribution is -0.141. The van der Waals surface area contributed by atoms with Gasteiger partial charge in [0, 0.05) is 22.9 Å². The van der Waals surface area contributed by atoms with E-state index < -0.39 is 11.8 Å². The number of amides is 2. The second-order valence-electron chi connectivity index (χ2n) is 10.7. The summed E-state index contributed by atoms with van der Waals surface area (Å²) in [6.07, 6.45) is 3.55. The van der Waals surface area contributed by atoms with Crippen LogP contribution in [0.15, 0.2) is 132 Å². The third kappa shape index (κ3) is 6.21. The summed E-state index contributed by atoms with van der Waals surface area (Å²) in [6.45, 7) is 2.05. The second-order valence-corrected chi connectivity index (χ2v) is 10.7. The molecule has 0 aliphatic carbocycles. The Bertz CT molecular complexity index is 2000. The van der Waals surface area contributed by atoms with Crippen molar-refractivity contribution in [2.24, 2.45) is 0 Å². The van der Waals surface area contributed by atoms with Gasteiger partial charge in [-0.15, -0.1) is 0 Å². The minimum atomic E-state index is -0.624. The molecule has 0 bridgehead atoms. The van der Waals surface area contributed by atoms with Gasteiger partial charge in [0.05, 0.1) is 19.3 Å². The largest absolute Gasteiger partial charge is 0.497 e. The molecule has 1 aromatic heterocycles. The van der Waals surface area contributed by atoms with Crippen LogP contribution in [0.3, 0.4) is 0 Å². The van der Waals surface area contributed by atoms with E-state index in [2.05, 4.69) is 0 Å². The Kier molecular flexibility index (Phi) is 8.57. The fourth-order valence-corrected chi connectivity index (χ4v) is 5.25. The highest BCUT2D eigenvalue weighted by molar-refractivity contribution is 6.19. The van der Waals surface area contributed by atoms with Crippen molar-refractivity contribution in [3.63, 3.8) is 0 Å². The zero-order chi connectivity index (χ0) is 32.0. The number of nitriles is 1. The van der Waals surface area contributed by atoms with Crippen LogP contribution in [0.2, 0.25) is 0 Å². The molecule has 0 radical (unpaired) electrons. The summed E-state index contributed by atoms with van der Waals surface area (Å²) in [6, 6.07) is 36.3. The van der Waals surface area contributed by atoms with Crippen LogP contribution in [-0.2, 0) is 22.7 Å². The summed E-state index contributed by atoms with van der Waals surface area (Å²) in [5.74, 6) is 0.214. The van der Waals surface area contributed by atoms with Crippen molar-refractivity contribution < 1.29 is 19.1 Å². The van der Waals surface area contributed by atoms with Crippen LogP contribution in [0.1, 0.15) is 23.6 Å². The molecule has 1 aliphatic rings. The van der Waals surface area contributed by atoms with Gasteiger partial charge >= 0.3 is 0 Å². The van der Waals surface area contributed by atoms with Gasteiger partial charge in [-0.2, -0.15) is 10.4 Å². The number of nitrogens with zero attached hydrogens (tertiary/aromatic N) is 4. The van der Waals surface area contributed by atoms with Gasteiger partial charge in [-0.3, -0.25) is 14.5 Å². The van der Waals surface area contributed by atoms with Crippen LogP contribution in [0.25, 0.3) is 23.0 Å². The zero-order valence-corrected chi connectivity index (χ0v) is 25.4. The van der Waals surface area contributed by atoms with Crippen molar-refractivity contribution in [2.75, 3.05) is 7.11 Å². The van der Waals surface area contributed by atoms with Gasteiger partial charge in [0.1, 0.15) is 35.4 Å². The number of para-hydroxylation sites is 1. The van der Waals surface area contributed by atoms with Crippen molar-refractivity contribution in [1.82, 2.24) is 14.7 Å². The van der Waals surface area contributed by atoms with E-state index in [-0.39, 0.29) is 17.7 Å². The number of rotatable bonds is 9. The Morgan fingerprint density at radius 3 is 2.24 bits per heavy atom. The molecule has 5 aromatic rings. The molecular weight excluding hydrogens is 576 g/mol. The maximum atomic E-state index is 14.0. The molecule has 0 saturated heterocycles. The lowest BCUT2D eigenvalue weighted by Gasteiger charge is -2.27. The molecular formula is C38H30N4O4. The molecule has 2 amide bonds. The van der Waals surface area contributed by atoms with Crippen LogP contribution in [0.5, 0.6) is 11.5 Å². The van der Waals surface area contributed by atoms with Gasteiger partial charge < -0.3 is 9.47 Å². The van der Waals surface area contributed by atoms with E-state index in [1.165, 1.54) is 0 Å². The van der Waals surface area contributed by atoms with Crippen LogP contribution in [-0.4, -0.2) is 33.6 Å². The van der Waals surface area contributed by atoms with Crippen LogP contribution < -0.4 is 9.47 Å². The van der Waals surface area contributed by atoms with Gasteiger partial charge in [-0.05, 0) is 66.1 Å². The van der Waals surface area contributed by atoms with E-state index in [1.807, 2.05) is 97.2 Å². The normalized spacial score (nSPS) is 14.0. The number of aromatic nitrogens is 2. The Hall–Kier alpha value is -6.20. The predicted octanol–water partition coefficient (Wildman–Crippen LogP) is 6.92. The topological polar surface area (TPSA) is 97.5 Å². The molecule has 46 heavy (non-hydrogen) atoms. The maximum Gasteiger partial charge on any atom is 0.271 e. The van der Waals surface area contributed by atoms with E-state index in [1.54, 1.807) is 49.1 Å². The van der Waals surface area contributed by atoms with E-state index in [0.29, 0.717) is 34.9 Å². The summed E-state index contributed by atoms with van der Waals surface area (Å²) >= 11 is 0. The first kappa shape index (κ1) is 29.9. The summed E-state index contributed by atoms with van der Waals surface area (Å²) in [5, 5.41) is 14.9. The van der Waals surface area contributed by atoms with Gasteiger partial charge in [0.15, 0.2) is 0 Å². The highest BCUT2D eigenvalue weighted by Gasteiger charge is 2.35. The Balaban J connectivity index is 1.41. The number of hydrogen-bond acceptors (Lipinski definition) is 6. The quantitative estimate of drug-likeness (QED) is 0.134. The van der Waals surface area contributed by atoms with E-state index in [0.717, 1.165) is 27.3 Å². The fraction of sp³-hybridized carbons (Fsp3) is 0.105. The Morgan fingerprint density at radius 1 is 0.826 bits per heavy atom. The standard InChI is InChI=1S/C38H30N4O4/c1-26-34(37(43)41(38(44)35(26)22-39)23-27-16-18-32(45-2)19-17-27)21-30-24-42(31-13-7-4-8-14-31)40-36(30)29-12-9-15-33(20-29)46-25-28-10-5-3-6-11-28/h3-21,24H,23,25H2,1-2H3/b34-21+. The Labute approximate surface area is 267 Å². The maximum absolute atomic E-state index is 14.0. The van der Waals surface area contributed by atoms with Crippen LogP contribution >= 0.6 is 0 Å². The smallest absolute Gasteiger partial charge is 0.271 e. The van der Waals surface area contributed by atoms with Gasteiger partial charge in [0.25, 0.3) is 11.8 Å². The molecule has 1 aliphatic heterocycles. The number of ether oxygens (including phenoxy) is 2. The molecule has 0 fully saturated rings. The first-order valence-corrected chi connectivity index (χ1v) is 14.7. The number of methoxy groups -OCH3 is 1. The van der Waals surface area contributed by atoms with Crippen LogP contribution in [0.4, 0.5) is 0 Å². The van der Waals surface area contributed by atoms with Gasteiger partial charge in [0.2, 0.25) is 0 Å². The molecule has 4 aromatic carbocycles. The molecule has 0 unspecified atom stereocenters. The average Bonchev–Trinajstić information content (AvgIpc) is 3.53. The van der Waals surface area contributed by atoms with Crippen molar-refractivity contribution in [2.45, 2.75) is 20.1 Å². The third-order valence-corrected chi connectivity index (χ3v) is 7.74. The molecule has 8 heteroatoms. The number of imide groups is 1. The highest BCUT2D eigenvalue weighted by Crippen LogP contribution is 2.33. The molecule has 2 heterocycles. The minimum Gasteiger partial charge on any atom is -0.497 e. The first-order chi connectivity index (χ1) is 22.4. The minimum absolute atomic E-state index is 0.00833. The zero-order valence-electron chi connectivity index (χ0n) is 25.4. The second kappa shape index (κ2) is 13.2. The molecule has 8 nitrogen and oxygen atoms in total. The first-order valence-electron chi connectivity index (χ1n) is 14.7. The third-order valence-electron chi connectivity index (χ3n) is 7.74. The van der Waals surface area contributed by atoms with Crippen molar-refractivity contribution in [3.8, 4) is 34.5 Å². The van der Waals surface area contributed by atoms with Crippen molar-refractivity contribution in [3.05, 3.63) is 149 Å². The van der Waals surface area contributed by atoms with E-state index in [4.69, 9.17) is 14.6 Å². The molecule has 0 atom stereocenters. The lowest BCUT2D eigenvalue weighted by Crippen LogP contribution is -2.42. The van der Waals surface area contributed by atoms with Crippen LogP contribution in [0, 0.1) is 11.3 Å². The summed E-state index contributed by atoms with van der Waals surface area (Å²) < 4.78 is 13.1. The molecule has 0 N–H and O–H groups in total. The van der Waals surface area contributed by atoms with Gasteiger partial charge in [-0.1, -0.05) is 72.8 Å². The van der Waals surface area contributed by atoms with E-state index in [9.17, 15) is 14.9 Å². The fourth-order valence-electron chi connectivity index (χ4n) is 5.25. The molecule has 6 rings (SSSR count). The highest BCUT2D eigenvalue weighted by atomic mass is 16.5. The summed E-state index contributed by atoms with van der Waals surface area (Å²) in [5.41, 5.74) is 5.13. The SMILES string of the molecule is COc1ccc(CN2C(=O)C(C#N)=C(C)/C(=C\c3cn(-c4ccccc4)nc3-c3cccc(OCc4ccccc4)c3)C2=O)cc1. The molecule has 226 valence electrons. The summed E-state index contributed by atoms with van der Waals surface area (Å²) in [4.78, 5) is 28.4. The number of benzene rings is 4. The summed E-state index contributed by atoms with van der Waals surface area (Å²) in [7, 11) is 1.57. The van der Waals surface area contributed by atoms with Gasteiger partial charge in [-0.25, -0.2) is 4.68 Å². The van der Waals surface area contributed by atoms with Crippen molar-refractivity contribution >= 4 is 17.9 Å². The van der Waals surface area contributed by atoms with Crippen molar-refractivity contribution in [1.29, 1.82) is 5.26 Å². The number of carbonyl (C=O) groups excluding carboxylic acids is 2. The molecule has 0 saturated carbocycles. The number of hydrogen-bond donors (Lipinski definition) is 0. The number of carbonyl (C=O) groups is 2. The predicted molar refractivity (Wildman–Crippen MR) is 175 cm³/mol. The van der Waals surface area contributed by atoms with E-state index >= 15 is 0 Å². The lowest BCUT2D eigenvalue weighted by atomic mass is 9.93. The monoisotopic (exact) mass is 606 g/mol. The average molecular weight is 607 g/mol.